The summed E-state index contributed by atoms with van der Waals surface area (Å²) in [6.45, 7) is 7.21. The number of ether oxygens (including phenoxy) is 2. The third-order valence-electron chi connectivity index (χ3n) is 2.70. The van der Waals surface area contributed by atoms with E-state index in [0.29, 0.717) is 13.2 Å². The molecular weight excluding hydrogens is 228 g/mol. The van der Waals surface area contributed by atoms with Crippen molar-refractivity contribution in [3.63, 3.8) is 0 Å². The Hall–Kier alpha value is -1.97. The second-order valence-electron chi connectivity index (χ2n) is 3.87. The predicted octanol–water partition coefficient (Wildman–Crippen LogP) is 3.18. The van der Waals surface area contributed by atoms with Crippen LogP contribution in [0.3, 0.4) is 0 Å². The third-order valence-corrected chi connectivity index (χ3v) is 2.70. The van der Waals surface area contributed by atoms with E-state index in [4.69, 9.17) is 9.47 Å². The number of H-pyrrole nitrogens is 1. The van der Waals surface area contributed by atoms with Crippen LogP contribution >= 0.6 is 0 Å². The first-order valence-electron chi connectivity index (χ1n) is 6.16. The number of aromatic nitrogens is 2. The van der Waals surface area contributed by atoms with Crippen LogP contribution in [-0.4, -0.2) is 23.2 Å². The number of rotatable bonds is 5. The lowest BCUT2D eigenvalue weighted by atomic mass is 10.1. The van der Waals surface area contributed by atoms with Crippen LogP contribution in [0.2, 0.25) is 0 Å². The first-order valence-corrected chi connectivity index (χ1v) is 6.16. The van der Waals surface area contributed by atoms with Crippen molar-refractivity contribution in [1.82, 2.24) is 9.97 Å². The molecule has 0 spiro atoms. The van der Waals surface area contributed by atoms with Crippen LogP contribution in [-0.2, 0) is 0 Å². The van der Waals surface area contributed by atoms with Gasteiger partial charge in [-0.2, -0.15) is 0 Å². The Labute approximate surface area is 107 Å². The van der Waals surface area contributed by atoms with E-state index in [1.807, 2.05) is 32.9 Å². The average molecular weight is 246 g/mol. The van der Waals surface area contributed by atoms with Crippen LogP contribution in [0.4, 0.5) is 0 Å². The second-order valence-corrected chi connectivity index (χ2v) is 3.87. The van der Waals surface area contributed by atoms with Crippen LogP contribution in [0.1, 0.15) is 19.4 Å². The second kappa shape index (κ2) is 5.58. The van der Waals surface area contributed by atoms with Gasteiger partial charge in [-0.15, -0.1) is 0 Å². The van der Waals surface area contributed by atoms with Gasteiger partial charge in [0.25, 0.3) is 0 Å². The summed E-state index contributed by atoms with van der Waals surface area (Å²) in [5, 5.41) is 0. The van der Waals surface area contributed by atoms with E-state index in [-0.39, 0.29) is 0 Å². The highest BCUT2D eigenvalue weighted by molar-refractivity contribution is 5.69. The largest absolute Gasteiger partial charge is 0.493 e. The van der Waals surface area contributed by atoms with Gasteiger partial charge in [-0.1, -0.05) is 0 Å². The Kier molecular flexibility index (Phi) is 3.87. The lowest BCUT2D eigenvalue weighted by Crippen LogP contribution is -2.01. The van der Waals surface area contributed by atoms with Gasteiger partial charge in [-0.25, -0.2) is 4.98 Å². The van der Waals surface area contributed by atoms with Crippen LogP contribution in [0.15, 0.2) is 24.5 Å². The molecule has 0 radical (unpaired) electrons. The highest BCUT2D eigenvalue weighted by Crippen LogP contribution is 2.36. The normalized spacial score (nSPS) is 10.4. The fourth-order valence-corrected chi connectivity index (χ4v) is 1.91. The number of imidazole rings is 1. The standard InChI is InChI=1S/C14H18N2O2/c1-4-17-12-7-6-11(14-15-8-9-16-14)13(10(12)3)18-5-2/h6-9H,4-5H2,1-3H3,(H,15,16). The van der Waals surface area contributed by atoms with Gasteiger partial charge in [0.15, 0.2) is 0 Å². The number of nitrogens with one attached hydrogen (secondary N) is 1. The molecule has 1 N–H and O–H groups in total. The minimum atomic E-state index is 0.615. The van der Waals surface area contributed by atoms with E-state index in [2.05, 4.69) is 9.97 Å². The molecule has 0 aliphatic rings. The minimum absolute atomic E-state index is 0.615. The maximum Gasteiger partial charge on any atom is 0.141 e. The van der Waals surface area contributed by atoms with Crippen molar-refractivity contribution in [2.24, 2.45) is 0 Å². The monoisotopic (exact) mass is 246 g/mol. The Morgan fingerprint density at radius 3 is 2.56 bits per heavy atom. The lowest BCUT2D eigenvalue weighted by Gasteiger charge is -2.15. The van der Waals surface area contributed by atoms with Crippen molar-refractivity contribution in [2.45, 2.75) is 20.8 Å². The molecule has 0 saturated heterocycles. The highest BCUT2D eigenvalue weighted by atomic mass is 16.5. The number of aromatic amines is 1. The quantitative estimate of drug-likeness (QED) is 0.881. The van der Waals surface area contributed by atoms with Gasteiger partial charge >= 0.3 is 0 Å². The first-order chi connectivity index (χ1) is 8.77. The van der Waals surface area contributed by atoms with E-state index >= 15 is 0 Å². The molecule has 0 aliphatic carbocycles. The Bertz CT molecular complexity index is 507. The molecule has 0 unspecified atom stereocenters. The van der Waals surface area contributed by atoms with Gasteiger partial charge in [0, 0.05) is 18.0 Å². The fourth-order valence-electron chi connectivity index (χ4n) is 1.91. The summed E-state index contributed by atoms with van der Waals surface area (Å²) < 4.78 is 11.3. The van der Waals surface area contributed by atoms with Crippen molar-refractivity contribution in [3.05, 3.63) is 30.1 Å². The maximum atomic E-state index is 5.74. The fraction of sp³-hybridized carbons (Fsp3) is 0.357. The van der Waals surface area contributed by atoms with Crippen molar-refractivity contribution in [3.8, 4) is 22.9 Å². The maximum absolute atomic E-state index is 5.74. The van der Waals surface area contributed by atoms with Gasteiger partial charge in [-0.05, 0) is 32.9 Å². The highest BCUT2D eigenvalue weighted by Gasteiger charge is 2.14. The molecular formula is C14H18N2O2. The molecule has 96 valence electrons. The van der Waals surface area contributed by atoms with Crippen LogP contribution in [0, 0.1) is 6.92 Å². The van der Waals surface area contributed by atoms with Gasteiger partial charge in [0.1, 0.15) is 17.3 Å². The van der Waals surface area contributed by atoms with E-state index in [1.165, 1.54) is 0 Å². The third kappa shape index (κ3) is 2.32. The summed E-state index contributed by atoms with van der Waals surface area (Å²) in [4.78, 5) is 7.37. The molecule has 4 nitrogen and oxygen atoms in total. The first kappa shape index (κ1) is 12.5. The molecule has 0 fully saturated rings. The van der Waals surface area contributed by atoms with Crippen LogP contribution in [0.5, 0.6) is 11.5 Å². The van der Waals surface area contributed by atoms with Crippen molar-refractivity contribution in [1.29, 1.82) is 0 Å². The van der Waals surface area contributed by atoms with Gasteiger partial charge in [0.2, 0.25) is 0 Å². The number of hydrogen-bond acceptors (Lipinski definition) is 3. The summed E-state index contributed by atoms with van der Waals surface area (Å²) in [7, 11) is 0. The van der Waals surface area contributed by atoms with E-state index < -0.39 is 0 Å². The molecule has 0 amide bonds. The molecule has 0 aliphatic heterocycles. The molecule has 0 atom stereocenters. The molecule has 1 heterocycles. The van der Waals surface area contributed by atoms with Gasteiger partial charge in [-0.3, -0.25) is 0 Å². The molecule has 2 rings (SSSR count). The smallest absolute Gasteiger partial charge is 0.141 e. The zero-order chi connectivity index (χ0) is 13.0. The van der Waals surface area contributed by atoms with Gasteiger partial charge < -0.3 is 14.5 Å². The summed E-state index contributed by atoms with van der Waals surface area (Å²) in [6, 6.07) is 3.93. The summed E-state index contributed by atoms with van der Waals surface area (Å²) in [5.74, 6) is 2.50. The molecule has 1 aromatic carbocycles. The van der Waals surface area contributed by atoms with Crippen molar-refractivity contribution in [2.75, 3.05) is 13.2 Å². The number of hydrogen-bond donors (Lipinski definition) is 1. The van der Waals surface area contributed by atoms with E-state index in [0.717, 1.165) is 28.5 Å². The summed E-state index contributed by atoms with van der Waals surface area (Å²) in [5.41, 5.74) is 1.97. The Morgan fingerprint density at radius 2 is 1.94 bits per heavy atom. The van der Waals surface area contributed by atoms with Crippen LogP contribution in [0.25, 0.3) is 11.4 Å². The summed E-state index contributed by atoms with van der Waals surface area (Å²) >= 11 is 0. The summed E-state index contributed by atoms with van der Waals surface area (Å²) in [6.07, 6.45) is 3.54. The van der Waals surface area contributed by atoms with Crippen molar-refractivity contribution < 1.29 is 9.47 Å². The Morgan fingerprint density at radius 1 is 1.17 bits per heavy atom. The molecule has 0 bridgehead atoms. The predicted molar refractivity (Wildman–Crippen MR) is 71.1 cm³/mol. The molecule has 4 heteroatoms. The van der Waals surface area contributed by atoms with Crippen LogP contribution < -0.4 is 9.47 Å². The van der Waals surface area contributed by atoms with Crippen molar-refractivity contribution >= 4 is 0 Å². The zero-order valence-corrected chi connectivity index (χ0v) is 11.0. The zero-order valence-electron chi connectivity index (χ0n) is 11.0. The molecule has 18 heavy (non-hydrogen) atoms. The minimum Gasteiger partial charge on any atom is -0.493 e. The topological polar surface area (TPSA) is 47.1 Å². The molecule has 1 aromatic heterocycles. The average Bonchev–Trinajstić information content (AvgIpc) is 2.88. The Balaban J connectivity index is 2.50. The molecule has 0 saturated carbocycles. The number of benzene rings is 1. The molecule has 2 aromatic rings. The number of nitrogens with zero attached hydrogens (tertiary/aromatic N) is 1. The van der Waals surface area contributed by atoms with E-state index in [1.54, 1.807) is 12.4 Å². The SMILES string of the molecule is CCOc1ccc(-c2ncc[nH]2)c(OCC)c1C. The van der Waals surface area contributed by atoms with Gasteiger partial charge in [0.05, 0.1) is 18.8 Å². The lowest BCUT2D eigenvalue weighted by molar-refractivity contribution is 0.319. The van der Waals surface area contributed by atoms with E-state index in [9.17, 15) is 0 Å².